The smallest absolute Gasteiger partial charge is 0.251 e. The van der Waals surface area contributed by atoms with E-state index in [4.69, 9.17) is 21.3 Å². The van der Waals surface area contributed by atoms with Crippen molar-refractivity contribution in [2.75, 3.05) is 6.61 Å². The zero-order chi connectivity index (χ0) is 22.5. The molecule has 4 rings (SSSR count). The average molecular weight is 448 g/mol. The zero-order valence-corrected chi connectivity index (χ0v) is 19.0. The Balaban J connectivity index is 1.49. The summed E-state index contributed by atoms with van der Waals surface area (Å²) in [6, 6.07) is 22.9. The summed E-state index contributed by atoms with van der Waals surface area (Å²) in [5.41, 5.74) is 3.67. The minimum atomic E-state index is -0.164. The highest BCUT2D eigenvalue weighted by atomic mass is 35.5. The van der Waals surface area contributed by atoms with Crippen LogP contribution in [0.2, 0.25) is 5.02 Å². The van der Waals surface area contributed by atoms with Crippen LogP contribution in [0.1, 0.15) is 41.5 Å². The van der Waals surface area contributed by atoms with Gasteiger partial charge in [0.2, 0.25) is 0 Å². The van der Waals surface area contributed by atoms with Crippen LogP contribution < -0.4 is 10.1 Å². The first-order chi connectivity index (χ1) is 15.5. The number of nitrogens with zero attached hydrogens (tertiary/aromatic N) is 2. The maximum atomic E-state index is 12.5. The van der Waals surface area contributed by atoms with Crippen LogP contribution in [0, 0.1) is 0 Å². The molecule has 0 radical (unpaired) electrons. The molecule has 1 N–H and O–H groups in total. The van der Waals surface area contributed by atoms with Gasteiger partial charge in [0, 0.05) is 10.6 Å². The van der Waals surface area contributed by atoms with E-state index in [2.05, 4.69) is 29.8 Å². The first-order valence-corrected chi connectivity index (χ1v) is 11.1. The van der Waals surface area contributed by atoms with Gasteiger partial charge in [0.25, 0.3) is 5.91 Å². The molecule has 0 aliphatic carbocycles. The maximum Gasteiger partial charge on any atom is 0.251 e. The Kier molecular flexibility index (Phi) is 6.76. The molecule has 3 aromatic carbocycles. The number of fused-ring (bicyclic) bond motifs is 1. The van der Waals surface area contributed by atoms with Crippen molar-refractivity contribution in [1.29, 1.82) is 0 Å². The third kappa shape index (κ3) is 4.94. The van der Waals surface area contributed by atoms with E-state index < -0.39 is 0 Å². The summed E-state index contributed by atoms with van der Waals surface area (Å²) in [6.07, 6.45) is 0. The van der Waals surface area contributed by atoms with Crippen molar-refractivity contribution in [1.82, 2.24) is 14.9 Å². The highest BCUT2D eigenvalue weighted by Gasteiger charge is 2.13. The largest absolute Gasteiger partial charge is 0.491 e. The fraction of sp³-hybridized carbons (Fsp3) is 0.231. The Bertz CT molecular complexity index is 1220. The van der Waals surface area contributed by atoms with Crippen LogP contribution in [0.4, 0.5) is 0 Å². The number of rotatable bonds is 8. The molecule has 0 unspecified atom stereocenters. The number of benzene rings is 3. The zero-order valence-electron chi connectivity index (χ0n) is 18.2. The Hall–Kier alpha value is -3.31. The minimum absolute atomic E-state index is 0.164. The summed E-state index contributed by atoms with van der Waals surface area (Å²) in [5.74, 6) is 1.92. The molecule has 0 aliphatic heterocycles. The molecule has 32 heavy (non-hydrogen) atoms. The number of carbonyl (C=O) groups is 1. The third-order valence-electron chi connectivity index (χ3n) is 5.36. The Labute approximate surface area is 193 Å². The normalized spacial score (nSPS) is 11.1. The van der Waals surface area contributed by atoms with Crippen LogP contribution in [0.5, 0.6) is 5.75 Å². The molecule has 0 spiro atoms. The van der Waals surface area contributed by atoms with Crippen molar-refractivity contribution in [3.05, 3.63) is 94.8 Å². The highest BCUT2D eigenvalue weighted by Crippen LogP contribution is 2.26. The molecular weight excluding hydrogens is 422 g/mol. The molecule has 1 amide bonds. The number of ether oxygens (including phenoxy) is 1. The number of halogens is 1. The molecule has 0 bridgehead atoms. The predicted molar refractivity (Wildman–Crippen MR) is 128 cm³/mol. The fourth-order valence-corrected chi connectivity index (χ4v) is 3.83. The topological polar surface area (TPSA) is 56.1 Å². The van der Waals surface area contributed by atoms with Gasteiger partial charge in [-0.15, -0.1) is 0 Å². The van der Waals surface area contributed by atoms with Crippen LogP contribution >= 0.6 is 11.6 Å². The SMILES string of the molecule is CC(C)c1ccccc1OCCn1c(CNC(=O)c2ccc(Cl)cc2)nc2ccccc21. The Morgan fingerprint density at radius 3 is 2.53 bits per heavy atom. The number of imidazole rings is 1. The van der Waals surface area contributed by atoms with Gasteiger partial charge in [-0.2, -0.15) is 0 Å². The molecule has 5 nitrogen and oxygen atoms in total. The second-order valence-corrected chi connectivity index (χ2v) is 8.34. The number of hydrogen-bond acceptors (Lipinski definition) is 3. The second-order valence-electron chi connectivity index (χ2n) is 7.90. The van der Waals surface area contributed by atoms with Gasteiger partial charge in [-0.05, 0) is 53.9 Å². The lowest BCUT2D eigenvalue weighted by atomic mass is 10.0. The van der Waals surface area contributed by atoms with Crippen LogP contribution in [-0.4, -0.2) is 22.1 Å². The minimum Gasteiger partial charge on any atom is -0.491 e. The molecule has 164 valence electrons. The number of para-hydroxylation sites is 3. The maximum absolute atomic E-state index is 12.5. The summed E-state index contributed by atoms with van der Waals surface area (Å²) in [6.45, 7) is 5.76. The summed E-state index contributed by atoms with van der Waals surface area (Å²) in [7, 11) is 0. The molecular formula is C26H26ClN3O2. The average Bonchev–Trinajstić information content (AvgIpc) is 3.15. The van der Waals surface area contributed by atoms with Crippen LogP contribution in [0.15, 0.2) is 72.8 Å². The lowest BCUT2D eigenvalue weighted by Gasteiger charge is -2.15. The van der Waals surface area contributed by atoms with E-state index in [1.165, 1.54) is 5.56 Å². The Morgan fingerprint density at radius 1 is 1.03 bits per heavy atom. The standard InChI is InChI=1S/C26H26ClN3O2/c1-18(2)21-7-3-6-10-24(21)32-16-15-30-23-9-5-4-8-22(23)29-25(30)17-28-26(31)19-11-13-20(27)14-12-19/h3-14,18H,15-17H2,1-2H3,(H,28,31). The first kappa shape index (κ1) is 21.9. The van der Waals surface area contributed by atoms with Crippen LogP contribution in [0.25, 0.3) is 11.0 Å². The van der Waals surface area contributed by atoms with Gasteiger partial charge >= 0.3 is 0 Å². The first-order valence-electron chi connectivity index (χ1n) is 10.7. The molecule has 1 heterocycles. The summed E-state index contributed by atoms with van der Waals surface area (Å²) in [4.78, 5) is 17.3. The van der Waals surface area contributed by atoms with E-state index in [1.807, 2.05) is 42.5 Å². The molecule has 0 fully saturated rings. The number of aromatic nitrogens is 2. The monoisotopic (exact) mass is 447 g/mol. The van der Waals surface area contributed by atoms with Gasteiger partial charge in [0.05, 0.1) is 24.1 Å². The van der Waals surface area contributed by atoms with E-state index >= 15 is 0 Å². The Morgan fingerprint density at radius 2 is 1.75 bits per heavy atom. The van der Waals surface area contributed by atoms with E-state index in [1.54, 1.807) is 24.3 Å². The van der Waals surface area contributed by atoms with Gasteiger partial charge in [-0.3, -0.25) is 4.79 Å². The molecule has 0 aliphatic rings. The summed E-state index contributed by atoms with van der Waals surface area (Å²) in [5, 5.41) is 3.56. The molecule has 0 atom stereocenters. The van der Waals surface area contributed by atoms with Crippen molar-refractivity contribution >= 4 is 28.5 Å². The fourth-order valence-electron chi connectivity index (χ4n) is 3.71. The summed E-state index contributed by atoms with van der Waals surface area (Å²) >= 11 is 5.92. The highest BCUT2D eigenvalue weighted by molar-refractivity contribution is 6.30. The van der Waals surface area contributed by atoms with Crippen molar-refractivity contribution in [2.24, 2.45) is 0 Å². The molecule has 0 saturated heterocycles. The van der Waals surface area contributed by atoms with Gasteiger partial charge in [-0.25, -0.2) is 4.98 Å². The van der Waals surface area contributed by atoms with Crippen LogP contribution in [0.3, 0.4) is 0 Å². The van der Waals surface area contributed by atoms with Gasteiger partial charge in [0.15, 0.2) is 0 Å². The summed E-state index contributed by atoms with van der Waals surface area (Å²) < 4.78 is 8.24. The number of nitrogens with one attached hydrogen (secondary N) is 1. The van der Waals surface area contributed by atoms with E-state index in [-0.39, 0.29) is 5.91 Å². The van der Waals surface area contributed by atoms with Gasteiger partial charge in [0.1, 0.15) is 18.2 Å². The molecule has 6 heteroatoms. The molecule has 4 aromatic rings. The lowest BCUT2D eigenvalue weighted by Crippen LogP contribution is -2.25. The second kappa shape index (κ2) is 9.88. The van der Waals surface area contributed by atoms with E-state index in [0.717, 1.165) is 22.6 Å². The van der Waals surface area contributed by atoms with Crippen molar-refractivity contribution in [2.45, 2.75) is 32.9 Å². The van der Waals surface area contributed by atoms with Crippen LogP contribution in [-0.2, 0) is 13.1 Å². The third-order valence-corrected chi connectivity index (χ3v) is 5.61. The van der Waals surface area contributed by atoms with Gasteiger partial charge < -0.3 is 14.6 Å². The molecule has 0 saturated carbocycles. The predicted octanol–water partition coefficient (Wildman–Crippen LogP) is 5.82. The number of carbonyl (C=O) groups excluding carboxylic acids is 1. The van der Waals surface area contributed by atoms with Crippen molar-refractivity contribution in [3.63, 3.8) is 0 Å². The number of hydrogen-bond donors (Lipinski definition) is 1. The van der Waals surface area contributed by atoms with E-state index in [9.17, 15) is 4.79 Å². The lowest BCUT2D eigenvalue weighted by molar-refractivity contribution is 0.0949. The quantitative estimate of drug-likeness (QED) is 0.370. The molecule has 1 aromatic heterocycles. The van der Waals surface area contributed by atoms with Crippen molar-refractivity contribution in [3.8, 4) is 5.75 Å². The van der Waals surface area contributed by atoms with Crippen molar-refractivity contribution < 1.29 is 9.53 Å². The number of amides is 1. The van der Waals surface area contributed by atoms with E-state index in [0.29, 0.717) is 36.2 Å². The van der Waals surface area contributed by atoms with Gasteiger partial charge in [-0.1, -0.05) is 55.8 Å².